The van der Waals surface area contributed by atoms with Crippen LogP contribution < -0.4 is 4.74 Å². The van der Waals surface area contributed by atoms with Crippen molar-refractivity contribution in [3.63, 3.8) is 0 Å². The van der Waals surface area contributed by atoms with Gasteiger partial charge in [0.2, 0.25) is 0 Å². The first-order valence-electron chi connectivity index (χ1n) is 7.40. The third kappa shape index (κ3) is 3.56. The zero-order valence-electron chi connectivity index (χ0n) is 13.9. The van der Waals surface area contributed by atoms with Crippen LogP contribution in [0.1, 0.15) is 32.8 Å². The highest BCUT2D eigenvalue weighted by molar-refractivity contribution is 8.29. The van der Waals surface area contributed by atoms with E-state index in [-0.39, 0.29) is 16.7 Å². The van der Waals surface area contributed by atoms with Crippen molar-refractivity contribution in [2.24, 2.45) is 0 Å². The lowest BCUT2D eigenvalue weighted by atomic mass is 9.99. The van der Waals surface area contributed by atoms with Gasteiger partial charge in [0, 0.05) is 4.75 Å². The Morgan fingerprint density at radius 2 is 2.09 bits per heavy atom. The lowest BCUT2D eigenvalue weighted by Gasteiger charge is -2.46. The minimum Gasteiger partial charge on any atom is -0.486 e. The third-order valence-electron chi connectivity index (χ3n) is 4.28. The summed E-state index contributed by atoms with van der Waals surface area (Å²) in [6, 6.07) is 6.75. The van der Waals surface area contributed by atoms with Gasteiger partial charge in [0.05, 0.1) is 6.07 Å². The number of ether oxygens (including phenoxy) is 1. The van der Waals surface area contributed by atoms with Crippen molar-refractivity contribution in [1.29, 1.82) is 5.26 Å². The molecule has 2 atom stereocenters. The fourth-order valence-corrected chi connectivity index (χ4v) is 3.14. The molecule has 1 aliphatic rings. The van der Waals surface area contributed by atoms with Gasteiger partial charge in [0.15, 0.2) is 6.10 Å². The lowest BCUT2D eigenvalue weighted by Crippen LogP contribution is -2.39. The Morgan fingerprint density at radius 1 is 1.41 bits per heavy atom. The fraction of sp³-hybridized carbons (Fsp3) is 0.588. The molecule has 0 bridgehead atoms. The topological polar surface area (TPSA) is 42.2 Å². The fourth-order valence-electron chi connectivity index (χ4n) is 2.16. The summed E-state index contributed by atoms with van der Waals surface area (Å²) in [7, 11) is -1.40. The van der Waals surface area contributed by atoms with Crippen LogP contribution >= 0.6 is 10.3 Å². The van der Waals surface area contributed by atoms with E-state index in [2.05, 4.69) is 39.4 Å². The highest BCUT2D eigenvalue weighted by Crippen LogP contribution is 2.55. The van der Waals surface area contributed by atoms with E-state index in [1.54, 1.807) is 6.07 Å². The van der Waals surface area contributed by atoms with E-state index < -0.39 is 16.4 Å². The Morgan fingerprint density at radius 3 is 2.68 bits per heavy atom. The summed E-state index contributed by atoms with van der Waals surface area (Å²) in [4.78, 5) is 0. The van der Waals surface area contributed by atoms with Crippen LogP contribution in [-0.4, -0.2) is 29.5 Å². The van der Waals surface area contributed by atoms with Gasteiger partial charge < -0.3 is 8.92 Å². The third-order valence-corrected chi connectivity index (χ3v) is 7.92. The predicted octanol–water partition coefficient (Wildman–Crippen LogP) is 4.21. The van der Waals surface area contributed by atoms with Crippen LogP contribution in [0.5, 0.6) is 5.75 Å². The maximum atomic E-state index is 13.2. The van der Waals surface area contributed by atoms with Gasteiger partial charge in [-0.3, -0.25) is 0 Å². The Kier molecular flexibility index (Phi) is 4.74. The van der Waals surface area contributed by atoms with Gasteiger partial charge in [-0.15, -0.1) is 10.3 Å². The van der Waals surface area contributed by atoms with E-state index in [0.29, 0.717) is 18.6 Å². The minimum absolute atomic E-state index is 0.0161. The second-order valence-corrected chi connectivity index (χ2v) is 10.8. The molecule has 3 nitrogen and oxygen atoms in total. The standard InChI is InChI=1S/C17H24FNO2S/c1-17(2,3)22(4,5)21-16(11-19)15-8-6-12-10-13(18)7-9-14(12)20-15/h7,9-10,15-16H,6,8H2,1-5H3. The monoisotopic (exact) mass is 325 g/mol. The van der Waals surface area contributed by atoms with Crippen LogP contribution in [-0.2, 0) is 10.6 Å². The van der Waals surface area contributed by atoms with Crippen molar-refractivity contribution < 1.29 is 13.3 Å². The summed E-state index contributed by atoms with van der Waals surface area (Å²) in [5.41, 5.74) is 0.857. The molecule has 0 aliphatic carbocycles. The molecule has 0 amide bonds. The van der Waals surface area contributed by atoms with Gasteiger partial charge in [0.25, 0.3) is 0 Å². The molecular weight excluding hydrogens is 301 g/mol. The summed E-state index contributed by atoms with van der Waals surface area (Å²) in [5, 5.41) is 9.50. The van der Waals surface area contributed by atoms with Gasteiger partial charge in [-0.2, -0.15) is 5.26 Å². The molecule has 0 saturated heterocycles. The molecule has 0 spiro atoms. The smallest absolute Gasteiger partial charge is 0.192 e. The number of rotatable bonds is 3. The molecule has 5 heteroatoms. The van der Waals surface area contributed by atoms with Crippen LogP contribution in [0.2, 0.25) is 0 Å². The summed E-state index contributed by atoms with van der Waals surface area (Å²) in [6.07, 6.45) is 4.59. The average molecular weight is 325 g/mol. The van der Waals surface area contributed by atoms with E-state index >= 15 is 0 Å². The molecule has 1 aliphatic heterocycles. The minimum atomic E-state index is -1.40. The number of halogens is 1. The molecule has 0 saturated carbocycles. The normalized spacial score (nSPS) is 20.5. The Labute approximate surface area is 133 Å². The molecule has 22 heavy (non-hydrogen) atoms. The SMILES string of the molecule is CC(C)(C)S(C)(C)OC(C#N)C1CCc2cc(F)ccc2O1. The Balaban J connectivity index is 2.14. The molecule has 122 valence electrons. The quantitative estimate of drug-likeness (QED) is 0.836. The molecule has 0 radical (unpaired) electrons. The van der Waals surface area contributed by atoms with Crippen LogP contribution in [0.25, 0.3) is 0 Å². The number of hydrogen-bond donors (Lipinski definition) is 0. The first kappa shape index (κ1) is 17.1. The molecule has 2 unspecified atom stereocenters. The molecule has 0 fully saturated rings. The zero-order valence-corrected chi connectivity index (χ0v) is 14.7. The molecule has 0 aromatic heterocycles. The summed E-state index contributed by atoms with van der Waals surface area (Å²) < 4.78 is 25.3. The summed E-state index contributed by atoms with van der Waals surface area (Å²) in [6.45, 7) is 6.36. The van der Waals surface area contributed by atoms with Gasteiger partial charge in [-0.05, 0) is 49.1 Å². The number of benzene rings is 1. The molecule has 1 heterocycles. The maximum absolute atomic E-state index is 13.2. The summed E-state index contributed by atoms with van der Waals surface area (Å²) >= 11 is 0. The van der Waals surface area contributed by atoms with Crippen LogP contribution in [0.3, 0.4) is 0 Å². The van der Waals surface area contributed by atoms with Gasteiger partial charge >= 0.3 is 0 Å². The number of fused-ring (bicyclic) bond motifs is 1. The van der Waals surface area contributed by atoms with Crippen molar-refractivity contribution in [1.82, 2.24) is 0 Å². The van der Waals surface area contributed by atoms with Crippen LogP contribution in [0, 0.1) is 17.1 Å². The van der Waals surface area contributed by atoms with Crippen LogP contribution in [0.4, 0.5) is 4.39 Å². The molecule has 2 rings (SSSR count). The van der Waals surface area contributed by atoms with E-state index in [9.17, 15) is 9.65 Å². The average Bonchev–Trinajstić information content (AvgIpc) is 2.43. The van der Waals surface area contributed by atoms with E-state index in [1.165, 1.54) is 12.1 Å². The first-order valence-corrected chi connectivity index (χ1v) is 9.77. The Bertz CT molecular complexity index is 589. The second kappa shape index (κ2) is 6.10. The van der Waals surface area contributed by atoms with Gasteiger partial charge in [-0.1, -0.05) is 20.8 Å². The second-order valence-electron chi connectivity index (χ2n) is 6.94. The van der Waals surface area contributed by atoms with Crippen molar-refractivity contribution in [3.05, 3.63) is 29.6 Å². The predicted molar refractivity (Wildman–Crippen MR) is 88.8 cm³/mol. The van der Waals surface area contributed by atoms with Crippen molar-refractivity contribution >= 4 is 10.3 Å². The maximum Gasteiger partial charge on any atom is 0.192 e. The zero-order chi connectivity index (χ0) is 16.5. The van der Waals surface area contributed by atoms with Gasteiger partial charge in [0.1, 0.15) is 17.7 Å². The summed E-state index contributed by atoms with van der Waals surface area (Å²) in [5.74, 6) is 0.400. The van der Waals surface area contributed by atoms with Crippen molar-refractivity contribution in [3.8, 4) is 11.8 Å². The van der Waals surface area contributed by atoms with Gasteiger partial charge in [-0.25, -0.2) is 4.39 Å². The van der Waals surface area contributed by atoms with E-state index in [1.807, 2.05) is 0 Å². The first-order chi connectivity index (χ1) is 10.1. The van der Waals surface area contributed by atoms with Crippen molar-refractivity contribution in [2.45, 2.75) is 50.6 Å². The van der Waals surface area contributed by atoms with Crippen molar-refractivity contribution in [2.75, 3.05) is 12.5 Å². The largest absolute Gasteiger partial charge is 0.486 e. The number of hydrogen-bond acceptors (Lipinski definition) is 3. The number of aryl methyl sites for hydroxylation is 1. The van der Waals surface area contributed by atoms with E-state index in [0.717, 1.165) is 5.56 Å². The highest BCUT2D eigenvalue weighted by atomic mass is 32.3. The molecule has 1 aromatic carbocycles. The highest BCUT2D eigenvalue weighted by Gasteiger charge is 2.36. The lowest BCUT2D eigenvalue weighted by molar-refractivity contribution is 0.0792. The van der Waals surface area contributed by atoms with Crippen LogP contribution in [0.15, 0.2) is 18.2 Å². The Hall–Kier alpha value is -1.25. The molecule has 0 N–H and O–H groups in total. The number of nitriles is 1. The number of nitrogens with zero attached hydrogens (tertiary/aromatic N) is 1. The molecule has 1 aromatic rings. The van der Waals surface area contributed by atoms with E-state index in [4.69, 9.17) is 8.92 Å². The molecular formula is C17H24FNO2S.